The number of hydrogen-bond acceptors (Lipinski definition) is 6. The summed E-state index contributed by atoms with van der Waals surface area (Å²) in [5, 5.41) is 15.4. The molecule has 9 heteroatoms. The molecule has 0 saturated carbocycles. The summed E-state index contributed by atoms with van der Waals surface area (Å²) in [6.45, 7) is 4.26. The molecule has 5 heterocycles. The lowest BCUT2D eigenvalue weighted by atomic mass is 9.83. The summed E-state index contributed by atoms with van der Waals surface area (Å²) >= 11 is 13.5. The van der Waals surface area contributed by atoms with E-state index < -0.39 is 5.97 Å². The summed E-state index contributed by atoms with van der Waals surface area (Å²) in [4.78, 5) is 31.4. The summed E-state index contributed by atoms with van der Waals surface area (Å²) in [6, 6.07) is 7.78. The standard InChI is InChI=1S/C34H32Cl2N2O3.CO2/c35-25-11-12-26(36)29(34(39)40)28(25)27-23-17-19-7-1-3-13-37-15-5-9-21(30(19)37)32(23)41-33-22-10-6-16-38-14-4-2-8-20(31(22)38)18-24(27)33;2-1-3/h11-12,17-18H,1-10,13-16H2;. The number of carboxylic acid groups (broad SMARTS) is 1. The van der Waals surface area contributed by atoms with Crippen molar-refractivity contribution in [1.82, 2.24) is 4.58 Å². The van der Waals surface area contributed by atoms with Crippen molar-refractivity contribution >= 4 is 46.6 Å². The van der Waals surface area contributed by atoms with Crippen LogP contribution in [0.3, 0.4) is 0 Å². The molecule has 7 nitrogen and oxygen atoms in total. The number of ether oxygens (including phenoxy) is 1. The van der Waals surface area contributed by atoms with E-state index in [0.29, 0.717) is 10.6 Å². The van der Waals surface area contributed by atoms with Crippen molar-refractivity contribution in [2.45, 2.75) is 64.2 Å². The SMILES string of the molecule is O=C([O-])c1c(Cl)ccc(Cl)c1C1=c2cc3c4c(c2Oc2c1cc1c5c2CCCN5CCCC1)CCC[N+]=4CCCC3.O=C=O. The van der Waals surface area contributed by atoms with Gasteiger partial charge >= 0.3 is 6.15 Å². The second-order valence-electron chi connectivity index (χ2n) is 12.2. The van der Waals surface area contributed by atoms with Crippen molar-refractivity contribution in [3.63, 3.8) is 0 Å². The predicted octanol–water partition coefficient (Wildman–Crippen LogP) is 3.99. The van der Waals surface area contributed by atoms with Crippen molar-refractivity contribution in [3.8, 4) is 11.5 Å². The number of carbonyl (C=O) groups is 1. The van der Waals surface area contributed by atoms with E-state index in [1.165, 1.54) is 33.3 Å². The molecule has 0 spiro atoms. The highest BCUT2D eigenvalue weighted by molar-refractivity contribution is 6.37. The van der Waals surface area contributed by atoms with Crippen molar-refractivity contribution in [3.05, 3.63) is 83.8 Å². The summed E-state index contributed by atoms with van der Waals surface area (Å²) in [7, 11) is 0. The van der Waals surface area contributed by atoms with E-state index >= 15 is 0 Å². The molecular formula is C35H32Cl2N2O5. The first-order valence-corrected chi connectivity index (χ1v) is 16.3. The van der Waals surface area contributed by atoms with Gasteiger partial charge in [-0.1, -0.05) is 23.2 Å². The fourth-order valence-corrected chi connectivity index (χ4v) is 8.58. The number of hydrogen-bond donors (Lipinski definition) is 0. The molecule has 0 fully saturated rings. The van der Waals surface area contributed by atoms with Gasteiger partial charge < -0.3 is 19.5 Å². The highest BCUT2D eigenvalue weighted by Gasteiger charge is 2.36. The first-order valence-electron chi connectivity index (χ1n) is 15.5. The van der Waals surface area contributed by atoms with Gasteiger partial charge in [-0.25, -0.2) is 4.58 Å². The third kappa shape index (κ3) is 4.65. The Kier molecular flexibility index (Phi) is 7.74. The van der Waals surface area contributed by atoms with Crippen LogP contribution >= 0.6 is 23.2 Å². The molecule has 44 heavy (non-hydrogen) atoms. The van der Waals surface area contributed by atoms with Crippen LogP contribution in [0.1, 0.15) is 82.3 Å². The topological polar surface area (TPSA) is 89.8 Å². The Bertz CT molecular complexity index is 1890. The zero-order valence-electron chi connectivity index (χ0n) is 24.4. The van der Waals surface area contributed by atoms with Gasteiger partial charge in [-0.15, -0.1) is 0 Å². The third-order valence-corrected chi connectivity index (χ3v) is 10.4. The van der Waals surface area contributed by atoms with Crippen LogP contribution in [0.25, 0.3) is 5.57 Å². The van der Waals surface area contributed by atoms with Crippen molar-refractivity contribution in [1.29, 1.82) is 0 Å². The molecule has 226 valence electrons. The van der Waals surface area contributed by atoms with Gasteiger partial charge in [0.1, 0.15) is 24.6 Å². The lowest BCUT2D eigenvalue weighted by Gasteiger charge is -2.36. The van der Waals surface area contributed by atoms with E-state index in [0.717, 1.165) is 118 Å². The predicted molar refractivity (Wildman–Crippen MR) is 165 cm³/mol. The van der Waals surface area contributed by atoms with Gasteiger partial charge in [-0.05, 0) is 81.2 Å². The molecule has 8 rings (SSSR count). The maximum Gasteiger partial charge on any atom is 0.373 e. The fourth-order valence-electron chi connectivity index (χ4n) is 8.09. The third-order valence-electron chi connectivity index (χ3n) is 9.75. The maximum atomic E-state index is 12.7. The van der Waals surface area contributed by atoms with E-state index in [1.807, 2.05) is 0 Å². The molecule has 3 aromatic carbocycles. The number of carbonyl (C=O) groups excluding carboxylic acids is 3. The van der Waals surface area contributed by atoms with Crippen molar-refractivity contribution < 1.29 is 24.2 Å². The molecule has 3 aromatic rings. The van der Waals surface area contributed by atoms with E-state index in [4.69, 9.17) is 37.5 Å². The summed E-state index contributed by atoms with van der Waals surface area (Å²) in [5.41, 5.74) is 8.58. The number of benzene rings is 3. The van der Waals surface area contributed by atoms with Gasteiger partial charge in [0.15, 0.2) is 0 Å². The fraction of sp³-hybridized carbons (Fsp3) is 0.400. The summed E-state index contributed by atoms with van der Waals surface area (Å²) in [5.74, 6) is 0.402. The number of rotatable bonds is 2. The van der Waals surface area contributed by atoms with Gasteiger partial charge in [0.2, 0.25) is 5.36 Å². The smallest absolute Gasteiger partial charge is 0.373 e. The average Bonchev–Trinajstić information content (AvgIpc) is 3.36. The highest BCUT2D eigenvalue weighted by Crippen LogP contribution is 2.49. The minimum atomic E-state index is -1.32. The number of aryl methyl sites for hydroxylation is 2. The van der Waals surface area contributed by atoms with E-state index in [9.17, 15) is 9.90 Å². The van der Waals surface area contributed by atoms with Gasteiger partial charge in [-0.3, -0.25) is 0 Å². The number of aromatic carboxylic acids is 1. The summed E-state index contributed by atoms with van der Waals surface area (Å²) < 4.78 is 9.65. The van der Waals surface area contributed by atoms with E-state index in [2.05, 4.69) is 21.6 Å². The Morgan fingerprint density at radius 3 is 2.36 bits per heavy atom. The zero-order chi connectivity index (χ0) is 30.5. The summed E-state index contributed by atoms with van der Waals surface area (Å²) in [6.07, 6.45) is 10.8. The zero-order valence-corrected chi connectivity index (χ0v) is 25.9. The molecule has 0 aliphatic carbocycles. The van der Waals surface area contributed by atoms with Gasteiger partial charge in [0.05, 0.1) is 16.6 Å². The van der Waals surface area contributed by atoms with Gasteiger partial charge in [0, 0.05) is 75.3 Å². The number of halogens is 2. The van der Waals surface area contributed by atoms with Crippen molar-refractivity contribution in [2.75, 3.05) is 31.1 Å². The van der Waals surface area contributed by atoms with Gasteiger partial charge in [-0.2, -0.15) is 9.59 Å². The number of nitrogens with zero attached hydrogens (tertiary/aromatic N) is 2. The molecule has 0 aromatic heterocycles. The molecule has 0 atom stereocenters. The van der Waals surface area contributed by atoms with Crippen LogP contribution in [0.5, 0.6) is 11.5 Å². The lowest BCUT2D eigenvalue weighted by molar-refractivity contribution is -0.255. The minimum absolute atomic E-state index is 0.0524. The van der Waals surface area contributed by atoms with Crippen LogP contribution in [0.15, 0.2) is 24.3 Å². The quantitative estimate of drug-likeness (QED) is 0.311. The molecule has 0 N–H and O–H groups in total. The molecule has 0 saturated heterocycles. The van der Waals surface area contributed by atoms with E-state index in [1.54, 1.807) is 12.1 Å². The first-order chi connectivity index (χ1) is 21.4. The molecule has 0 unspecified atom stereocenters. The molecule has 0 bridgehead atoms. The maximum absolute atomic E-state index is 12.7. The lowest BCUT2D eigenvalue weighted by Crippen LogP contribution is -2.41. The molecular weight excluding hydrogens is 599 g/mol. The Morgan fingerprint density at radius 1 is 0.841 bits per heavy atom. The average molecular weight is 632 g/mol. The highest BCUT2D eigenvalue weighted by atomic mass is 35.5. The largest absolute Gasteiger partial charge is 0.545 e. The van der Waals surface area contributed by atoms with Crippen LogP contribution in [0, 0.1) is 0 Å². The molecule has 5 aliphatic rings. The van der Waals surface area contributed by atoms with Crippen LogP contribution < -0.4 is 29.9 Å². The van der Waals surface area contributed by atoms with Crippen molar-refractivity contribution in [2.24, 2.45) is 0 Å². The monoisotopic (exact) mass is 630 g/mol. The van der Waals surface area contributed by atoms with Crippen LogP contribution in [0.2, 0.25) is 10.0 Å². The molecule has 0 amide bonds. The first kappa shape index (κ1) is 29.1. The normalized spacial score (nSPS) is 17.7. The van der Waals surface area contributed by atoms with Crippen LogP contribution in [0.4, 0.5) is 5.69 Å². The second-order valence-corrected chi connectivity index (χ2v) is 13.0. The van der Waals surface area contributed by atoms with Gasteiger partial charge in [0.25, 0.3) is 0 Å². The number of carboxylic acids is 1. The Labute approximate surface area is 265 Å². The molecule has 5 aliphatic heterocycles. The number of fused-ring (bicyclic) bond motifs is 4. The Morgan fingerprint density at radius 2 is 1.55 bits per heavy atom. The Balaban J connectivity index is 0.00000100. The van der Waals surface area contributed by atoms with Crippen LogP contribution in [-0.4, -0.2) is 38.3 Å². The van der Waals surface area contributed by atoms with E-state index in [-0.39, 0.29) is 16.7 Å². The second kappa shape index (κ2) is 11.7. The molecule has 0 radical (unpaired) electrons. The minimum Gasteiger partial charge on any atom is -0.545 e. The van der Waals surface area contributed by atoms with Crippen LogP contribution in [-0.2, 0) is 35.3 Å². The Hall–Kier alpha value is -3.64. The number of anilines is 1.